The summed E-state index contributed by atoms with van der Waals surface area (Å²) in [4.78, 5) is 29.8. The summed E-state index contributed by atoms with van der Waals surface area (Å²) in [7, 11) is 0. The Hall–Kier alpha value is -2.74. The summed E-state index contributed by atoms with van der Waals surface area (Å²) < 4.78 is 14.4. The molecule has 3 aliphatic rings. The molecule has 4 N–H and O–H groups in total. The topological polar surface area (TPSA) is 110 Å². The van der Waals surface area contributed by atoms with Gasteiger partial charge in [0.1, 0.15) is 11.6 Å². The number of aromatic hydroxyl groups is 1. The molecule has 2 aliphatic heterocycles. The summed E-state index contributed by atoms with van der Waals surface area (Å²) >= 11 is 0. The Kier molecular flexibility index (Phi) is 4.31. The van der Waals surface area contributed by atoms with E-state index in [0.717, 1.165) is 6.42 Å². The maximum absolute atomic E-state index is 13.0. The van der Waals surface area contributed by atoms with Gasteiger partial charge in [0, 0.05) is 13.1 Å². The Labute approximate surface area is 167 Å². The van der Waals surface area contributed by atoms with Crippen molar-refractivity contribution in [3.05, 3.63) is 57.5 Å². The number of nitrogens with two attached hydrogens (primary N) is 1. The summed E-state index contributed by atoms with van der Waals surface area (Å²) in [6.07, 6.45) is 0.858. The van der Waals surface area contributed by atoms with Gasteiger partial charge >= 0.3 is 0 Å². The largest absolute Gasteiger partial charge is 0.501 e. The van der Waals surface area contributed by atoms with Crippen LogP contribution in [0.3, 0.4) is 0 Å². The minimum absolute atomic E-state index is 0.0901. The van der Waals surface area contributed by atoms with Crippen molar-refractivity contribution in [1.29, 1.82) is 0 Å². The van der Waals surface area contributed by atoms with Crippen LogP contribution in [0.2, 0.25) is 0 Å². The molecular formula is C21H25FN4O3. The molecule has 1 aromatic carbocycles. The lowest BCUT2D eigenvalue weighted by Gasteiger charge is -2.60. The first-order valence-electron chi connectivity index (χ1n) is 9.68. The maximum Gasteiger partial charge on any atom is 0.296 e. The lowest BCUT2D eigenvalue weighted by atomic mass is 9.44. The van der Waals surface area contributed by atoms with Gasteiger partial charge < -0.3 is 16.2 Å². The van der Waals surface area contributed by atoms with E-state index in [-0.39, 0.29) is 34.8 Å². The molecule has 2 aromatic rings. The lowest BCUT2D eigenvalue weighted by Crippen LogP contribution is -2.57. The fourth-order valence-electron chi connectivity index (χ4n) is 4.69. The average molecular weight is 400 g/mol. The number of rotatable bonds is 3. The third-order valence-electron chi connectivity index (χ3n) is 7.29. The summed E-state index contributed by atoms with van der Waals surface area (Å²) in [5, 5.41) is 13.0. The van der Waals surface area contributed by atoms with Gasteiger partial charge in [-0.15, -0.1) is 0 Å². The average Bonchev–Trinajstić information content (AvgIpc) is 2.84. The van der Waals surface area contributed by atoms with Crippen LogP contribution in [0.15, 0.2) is 29.1 Å². The van der Waals surface area contributed by atoms with E-state index in [2.05, 4.69) is 31.1 Å². The van der Waals surface area contributed by atoms with Crippen molar-refractivity contribution in [2.75, 3.05) is 0 Å². The molecule has 1 saturated carbocycles. The second kappa shape index (κ2) is 6.38. The highest BCUT2D eigenvalue weighted by atomic mass is 19.1. The first kappa shape index (κ1) is 19.6. The first-order chi connectivity index (χ1) is 13.6. The molecule has 5 rings (SSSR count). The van der Waals surface area contributed by atoms with Crippen LogP contribution in [0.5, 0.6) is 5.75 Å². The Morgan fingerprint density at radius 2 is 2.00 bits per heavy atom. The maximum atomic E-state index is 13.0. The van der Waals surface area contributed by atoms with Gasteiger partial charge in [-0.05, 0) is 40.9 Å². The van der Waals surface area contributed by atoms with Crippen LogP contribution < -0.4 is 16.6 Å². The quantitative estimate of drug-likeness (QED) is 0.731. The summed E-state index contributed by atoms with van der Waals surface area (Å²) in [5.74, 6) is -1.16. The fraction of sp³-hybridized carbons (Fsp3) is 0.476. The van der Waals surface area contributed by atoms with Gasteiger partial charge in [0.15, 0.2) is 5.69 Å². The van der Waals surface area contributed by atoms with Crippen molar-refractivity contribution in [3.63, 3.8) is 0 Å². The van der Waals surface area contributed by atoms with Crippen molar-refractivity contribution in [2.45, 2.75) is 46.3 Å². The normalized spacial score (nSPS) is 26.8. The van der Waals surface area contributed by atoms with Gasteiger partial charge in [-0.2, -0.15) is 0 Å². The van der Waals surface area contributed by atoms with E-state index in [9.17, 15) is 19.1 Å². The van der Waals surface area contributed by atoms with E-state index >= 15 is 0 Å². The Morgan fingerprint density at radius 1 is 1.34 bits per heavy atom. The minimum atomic E-state index is -0.681. The standard InChI is InChI=1S/C21H25FN4O3/c1-20(2)12-8-21(20,3)16(23)17-25-14(15(27)19(29)26(17)10-12)18(28)24-9-11-4-6-13(22)7-5-11/h4-7,12,16,27H,8-10,23H2,1-3H3,(H,24,28)/t12-,16+,21+/m1/s1. The van der Waals surface area contributed by atoms with Gasteiger partial charge in [-0.25, -0.2) is 9.37 Å². The third kappa shape index (κ3) is 2.77. The molecule has 0 spiro atoms. The Balaban J connectivity index is 1.67. The van der Waals surface area contributed by atoms with E-state index in [0.29, 0.717) is 17.9 Å². The number of benzene rings is 1. The zero-order chi connectivity index (χ0) is 21.1. The number of halogens is 1. The van der Waals surface area contributed by atoms with E-state index in [1.807, 2.05) is 0 Å². The van der Waals surface area contributed by atoms with Gasteiger partial charge in [-0.1, -0.05) is 32.9 Å². The number of nitrogens with zero attached hydrogens (tertiary/aromatic N) is 2. The molecular weight excluding hydrogens is 375 g/mol. The van der Waals surface area contributed by atoms with Crippen molar-refractivity contribution in [2.24, 2.45) is 22.5 Å². The molecule has 154 valence electrons. The summed E-state index contributed by atoms with van der Waals surface area (Å²) in [6, 6.07) is 5.13. The number of amides is 1. The molecule has 8 heteroatoms. The lowest BCUT2D eigenvalue weighted by molar-refractivity contribution is -0.121. The Bertz CT molecular complexity index is 1050. The number of carbonyl (C=O) groups excluding carboxylic acids is 1. The molecule has 0 unspecified atom stereocenters. The molecule has 7 nitrogen and oxygen atoms in total. The van der Waals surface area contributed by atoms with Crippen LogP contribution in [-0.4, -0.2) is 20.6 Å². The molecule has 0 saturated heterocycles. The van der Waals surface area contributed by atoms with Crippen LogP contribution >= 0.6 is 0 Å². The van der Waals surface area contributed by atoms with Crippen LogP contribution in [-0.2, 0) is 13.1 Å². The zero-order valence-electron chi connectivity index (χ0n) is 16.7. The predicted octanol–water partition coefficient (Wildman–Crippen LogP) is 2.08. The fourth-order valence-corrected chi connectivity index (χ4v) is 4.69. The van der Waals surface area contributed by atoms with Crippen LogP contribution in [0.4, 0.5) is 4.39 Å². The summed E-state index contributed by atoms with van der Waals surface area (Å²) in [6.45, 7) is 6.87. The zero-order valence-corrected chi connectivity index (χ0v) is 16.7. The van der Waals surface area contributed by atoms with Gasteiger partial charge in [0.25, 0.3) is 11.5 Å². The monoisotopic (exact) mass is 400 g/mol. The third-order valence-corrected chi connectivity index (χ3v) is 7.29. The van der Waals surface area contributed by atoms with E-state index in [1.54, 1.807) is 12.1 Å². The number of hydrogen-bond acceptors (Lipinski definition) is 5. The van der Waals surface area contributed by atoms with Crippen LogP contribution in [0, 0.1) is 22.6 Å². The van der Waals surface area contributed by atoms with Crippen molar-refractivity contribution in [1.82, 2.24) is 14.9 Å². The molecule has 0 radical (unpaired) electrons. The highest BCUT2D eigenvalue weighted by Crippen LogP contribution is 2.66. The second-order valence-electron chi connectivity index (χ2n) is 8.91. The molecule has 1 fully saturated rings. The molecule has 3 heterocycles. The Morgan fingerprint density at radius 3 is 2.62 bits per heavy atom. The van der Waals surface area contributed by atoms with E-state index < -0.39 is 23.3 Å². The predicted molar refractivity (Wildman–Crippen MR) is 105 cm³/mol. The van der Waals surface area contributed by atoms with Crippen LogP contribution in [0.25, 0.3) is 0 Å². The van der Waals surface area contributed by atoms with Crippen molar-refractivity contribution in [3.8, 4) is 5.75 Å². The molecule has 1 aromatic heterocycles. The second-order valence-corrected chi connectivity index (χ2v) is 8.91. The van der Waals surface area contributed by atoms with Crippen LogP contribution in [0.1, 0.15) is 55.1 Å². The minimum Gasteiger partial charge on any atom is -0.501 e. The SMILES string of the molecule is CC1(C)[C@H]2Cn3c(nc(C(=O)NCc4ccc(F)cc4)c(O)c3=O)[C@H](N)[C@]1(C)C2. The smallest absolute Gasteiger partial charge is 0.296 e. The summed E-state index contributed by atoms with van der Waals surface area (Å²) in [5.41, 5.74) is 5.88. The van der Waals surface area contributed by atoms with Gasteiger partial charge in [-0.3, -0.25) is 14.2 Å². The highest BCUT2D eigenvalue weighted by Gasteiger charge is 2.62. The molecule has 2 bridgehead atoms. The number of carbonyl (C=O) groups is 1. The number of nitrogens with one attached hydrogen (secondary N) is 1. The van der Waals surface area contributed by atoms with Crippen molar-refractivity contribution >= 4 is 5.91 Å². The first-order valence-corrected chi connectivity index (χ1v) is 9.68. The number of aromatic nitrogens is 2. The van der Waals surface area contributed by atoms with E-state index in [4.69, 9.17) is 5.73 Å². The van der Waals surface area contributed by atoms with Gasteiger partial charge in [0.2, 0.25) is 5.75 Å². The number of hydrogen-bond donors (Lipinski definition) is 3. The molecule has 1 amide bonds. The molecule has 1 aliphatic carbocycles. The molecule has 3 atom stereocenters. The van der Waals surface area contributed by atoms with E-state index in [1.165, 1.54) is 16.7 Å². The van der Waals surface area contributed by atoms with Crippen molar-refractivity contribution < 1.29 is 14.3 Å². The highest BCUT2D eigenvalue weighted by molar-refractivity contribution is 5.94. The van der Waals surface area contributed by atoms with Gasteiger partial charge in [0.05, 0.1) is 6.04 Å². The molecule has 29 heavy (non-hydrogen) atoms.